The van der Waals surface area contributed by atoms with E-state index in [9.17, 15) is 9.90 Å². The first kappa shape index (κ1) is 20.6. The van der Waals surface area contributed by atoms with Gasteiger partial charge >= 0.3 is 0 Å². The van der Waals surface area contributed by atoms with Gasteiger partial charge in [0.25, 0.3) is 0 Å². The number of hydrogen-bond donors (Lipinski definition) is 1. The van der Waals surface area contributed by atoms with E-state index >= 15 is 0 Å². The molecular weight excluding hydrogens is 362 g/mol. The van der Waals surface area contributed by atoms with Crippen molar-refractivity contribution in [2.75, 3.05) is 18.9 Å². The Kier molecular flexibility index (Phi) is 8.38. The maximum Gasteiger partial charge on any atom is 0.222 e. The quantitative estimate of drug-likeness (QED) is 0.510. The highest BCUT2D eigenvalue weighted by molar-refractivity contribution is 7.99. The molecule has 7 nitrogen and oxygen atoms in total. The van der Waals surface area contributed by atoms with Crippen LogP contribution in [0.2, 0.25) is 0 Å². The summed E-state index contributed by atoms with van der Waals surface area (Å²) < 4.78 is 1.99. The Morgan fingerprint density at radius 1 is 1.11 bits per heavy atom. The summed E-state index contributed by atoms with van der Waals surface area (Å²) in [6, 6.07) is 0.758. The van der Waals surface area contributed by atoms with Crippen molar-refractivity contribution in [1.82, 2.24) is 25.1 Å². The number of aliphatic hydroxyl groups is 1. The summed E-state index contributed by atoms with van der Waals surface area (Å²) in [4.78, 5) is 14.6. The number of hydrogen-bond acceptors (Lipinski definition) is 6. The molecule has 1 aromatic heterocycles. The Balaban J connectivity index is 1.43. The second-order valence-electron chi connectivity index (χ2n) is 7.75. The molecule has 0 bridgehead atoms. The smallest absolute Gasteiger partial charge is 0.222 e. The third-order valence-corrected chi connectivity index (χ3v) is 6.85. The van der Waals surface area contributed by atoms with E-state index in [0.29, 0.717) is 25.0 Å². The van der Waals surface area contributed by atoms with Crippen molar-refractivity contribution in [2.24, 2.45) is 0 Å². The molecule has 8 heteroatoms. The first-order chi connectivity index (χ1) is 13.3. The van der Waals surface area contributed by atoms with Crippen molar-refractivity contribution >= 4 is 17.7 Å². The van der Waals surface area contributed by atoms with Crippen LogP contribution in [0.3, 0.4) is 0 Å². The second-order valence-corrected chi connectivity index (χ2v) is 8.81. The first-order valence-corrected chi connectivity index (χ1v) is 11.6. The van der Waals surface area contributed by atoms with Gasteiger partial charge in [0, 0.05) is 24.8 Å². The molecule has 0 spiro atoms. The van der Waals surface area contributed by atoms with Gasteiger partial charge in [-0.15, -0.1) is 5.10 Å². The van der Waals surface area contributed by atoms with Crippen LogP contribution in [0.1, 0.15) is 83.1 Å². The number of tetrazole rings is 1. The van der Waals surface area contributed by atoms with Crippen LogP contribution in [0.15, 0.2) is 5.16 Å². The monoisotopic (exact) mass is 395 g/mol. The molecule has 2 saturated carbocycles. The molecule has 0 aromatic carbocycles. The fraction of sp³-hybridized carbons (Fsp3) is 0.895. The van der Waals surface area contributed by atoms with Gasteiger partial charge in [-0.3, -0.25) is 4.79 Å². The second kappa shape index (κ2) is 11.0. The molecule has 3 rings (SSSR count). The zero-order valence-electron chi connectivity index (χ0n) is 16.3. The minimum absolute atomic E-state index is 0.0488. The van der Waals surface area contributed by atoms with Gasteiger partial charge in [-0.05, 0) is 42.5 Å². The van der Waals surface area contributed by atoms with Crippen molar-refractivity contribution < 1.29 is 9.90 Å². The Labute approximate surface area is 166 Å². The van der Waals surface area contributed by atoms with Gasteiger partial charge in [-0.2, -0.15) is 0 Å². The summed E-state index contributed by atoms with van der Waals surface area (Å²) in [6.45, 7) is 0.518. The number of aliphatic hydroxyl groups excluding tert-OH is 1. The Hall–Kier alpha value is -1.15. The highest BCUT2D eigenvalue weighted by Crippen LogP contribution is 2.30. The summed E-state index contributed by atoms with van der Waals surface area (Å²) in [6.07, 6.45) is 13.3. The SMILES string of the molecule is O=C(CCCSc1nnnn1C1CCCCC1)N(CCO)C1CCCCC1. The summed E-state index contributed by atoms with van der Waals surface area (Å²) in [7, 11) is 0. The van der Waals surface area contributed by atoms with Gasteiger partial charge in [0.05, 0.1) is 12.6 Å². The third-order valence-electron chi connectivity index (χ3n) is 5.83. The number of carbonyl (C=O) groups excluding carboxylic acids is 1. The van der Waals surface area contributed by atoms with Crippen LogP contribution in [-0.2, 0) is 4.79 Å². The van der Waals surface area contributed by atoms with Crippen LogP contribution < -0.4 is 0 Å². The third kappa shape index (κ3) is 5.91. The summed E-state index contributed by atoms with van der Waals surface area (Å²) in [5.74, 6) is 1.03. The van der Waals surface area contributed by atoms with Crippen LogP contribution >= 0.6 is 11.8 Å². The van der Waals surface area contributed by atoms with Gasteiger partial charge in [0.1, 0.15) is 0 Å². The van der Waals surface area contributed by atoms with Gasteiger partial charge in [-0.1, -0.05) is 50.3 Å². The van der Waals surface area contributed by atoms with Crippen molar-refractivity contribution in [3.63, 3.8) is 0 Å². The normalized spacial score (nSPS) is 19.3. The number of rotatable bonds is 9. The molecule has 2 aliphatic carbocycles. The molecule has 2 aliphatic rings. The van der Waals surface area contributed by atoms with Crippen molar-refractivity contribution in [2.45, 2.75) is 94.3 Å². The van der Waals surface area contributed by atoms with E-state index in [4.69, 9.17) is 0 Å². The Bertz CT molecular complexity index is 570. The predicted molar refractivity (Wildman–Crippen MR) is 106 cm³/mol. The van der Waals surface area contributed by atoms with Gasteiger partial charge in [-0.25, -0.2) is 4.68 Å². The number of carbonyl (C=O) groups is 1. The molecule has 0 atom stereocenters. The lowest BCUT2D eigenvalue weighted by Crippen LogP contribution is -2.43. The molecule has 0 radical (unpaired) electrons. The fourth-order valence-corrected chi connectivity index (χ4v) is 5.26. The minimum atomic E-state index is 0.0488. The van der Waals surface area contributed by atoms with Crippen LogP contribution in [0.5, 0.6) is 0 Å². The van der Waals surface area contributed by atoms with E-state index in [1.807, 2.05) is 9.58 Å². The van der Waals surface area contributed by atoms with E-state index in [-0.39, 0.29) is 12.5 Å². The summed E-state index contributed by atoms with van der Waals surface area (Å²) >= 11 is 1.66. The molecule has 0 saturated heterocycles. The van der Waals surface area contributed by atoms with Gasteiger partial charge in [0.15, 0.2) is 0 Å². The highest BCUT2D eigenvalue weighted by atomic mass is 32.2. The average molecular weight is 396 g/mol. The molecule has 0 aliphatic heterocycles. The van der Waals surface area contributed by atoms with Crippen LogP contribution in [0.4, 0.5) is 0 Å². The molecule has 0 unspecified atom stereocenters. The Morgan fingerprint density at radius 2 is 1.81 bits per heavy atom. The molecule has 1 heterocycles. The van der Waals surface area contributed by atoms with Crippen LogP contribution in [-0.4, -0.2) is 61.1 Å². The molecule has 1 N–H and O–H groups in total. The van der Waals surface area contributed by atoms with Gasteiger partial charge < -0.3 is 10.0 Å². The fourth-order valence-electron chi connectivity index (χ4n) is 4.38. The van der Waals surface area contributed by atoms with E-state index in [1.165, 1.54) is 38.5 Å². The standard InChI is InChI=1S/C19H33N5O2S/c25-14-13-23(16-8-3-1-4-9-16)18(26)12-7-15-27-19-20-21-22-24(19)17-10-5-2-6-11-17/h16-17,25H,1-15H2. The van der Waals surface area contributed by atoms with E-state index in [2.05, 4.69) is 15.5 Å². The lowest BCUT2D eigenvalue weighted by Gasteiger charge is -2.34. The van der Waals surface area contributed by atoms with Gasteiger partial charge in [0.2, 0.25) is 11.1 Å². The Morgan fingerprint density at radius 3 is 2.52 bits per heavy atom. The maximum absolute atomic E-state index is 12.7. The van der Waals surface area contributed by atoms with E-state index < -0.39 is 0 Å². The highest BCUT2D eigenvalue weighted by Gasteiger charge is 2.25. The number of aromatic nitrogens is 4. The molecular formula is C19H33N5O2S. The number of amides is 1. The van der Waals surface area contributed by atoms with Crippen molar-refractivity contribution in [3.8, 4) is 0 Å². The minimum Gasteiger partial charge on any atom is -0.395 e. The topological polar surface area (TPSA) is 84.1 Å². The number of nitrogens with zero attached hydrogens (tertiary/aromatic N) is 5. The average Bonchev–Trinajstić information content (AvgIpc) is 3.19. The zero-order valence-corrected chi connectivity index (χ0v) is 17.1. The largest absolute Gasteiger partial charge is 0.395 e. The first-order valence-electron chi connectivity index (χ1n) is 10.6. The van der Waals surface area contributed by atoms with Crippen LogP contribution in [0, 0.1) is 0 Å². The lowest BCUT2D eigenvalue weighted by atomic mass is 9.94. The van der Waals surface area contributed by atoms with E-state index in [0.717, 1.165) is 43.0 Å². The predicted octanol–water partition coefficient (Wildman–Crippen LogP) is 3.20. The lowest BCUT2D eigenvalue weighted by molar-refractivity contribution is -0.134. The number of thioether (sulfide) groups is 1. The summed E-state index contributed by atoms with van der Waals surface area (Å²) in [5, 5.41) is 22.5. The van der Waals surface area contributed by atoms with Crippen molar-refractivity contribution in [3.05, 3.63) is 0 Å². The molecule has 1 aromatic rings. The van der Waals surface area contributed by atoms with E-state index in [1.54, 1.807) is 11.8 Å². The molecule has 152 valence electrons. The van der Waals surface area contributed by atoms with Crippen molar-refractivity contribution in [1.29, 1.82) is 0 Å². The zero-order chi connectivity index (χ0) is 18.9. The maximum atomic E-state index is 12.7. The van der Waals surface area contributed by atoms with Crippen LogP contribution in [0.25, 0.3) is 0 Å². The molecule has 2 fully saturated rings. The molecule has 27 heavy (non-hydrogen) atoms. The summed E-state index contributed by atoms with van der Waals surface area (Å²) in [5.41, 5.74) is 0. The molecule has 1 amide bonds.